The summed E-state index contributed by atoms with van der Waals surface area (Å²) in [5.41, 5.74) is 0.977. The van der Waals surface area contributed by atoms with E-state index in [-0.39, 0.29) is 30.2 Å². The number of Topliss-reactive ketones (excluding diaryl/α,β-unsaturated/α-hetero) is 1. The number of ketones is 1. The number of fused-ring (bicyclic) bond motifs is 1. The summed E-state index contributed by atoms with van der Waals surface area (Å²) in [5.74, 6) is -1.93. The highest BCUT2D eigenvalue weighted by atomic mass is 16.6. The summed E-state index contributed by atoms with van der Waals surface area (Å²) < 4.78 is 5.14. The van der Waals surface area contributed by atoms with Crippen LogP contribution < -0.4 is 16.0 Å². The van der Waals surface area contributed by atoms with Gasteiger partial charge in [-0.1, -0.05) is 42.0 Å². The third kappa shape index (κ3) is 7.40. The fourth-order valence-electron chi connectivity index (χ4n) is 3.48. The first-order valence-corrected chi connectivity index (χ1v) is 11.7. The number of hydrogen-bond acceptors (Lipinski definition) is 5. The quantitative estimate of drug-likeness (QED) is 0.243. The van der Waals surface area contributed by atoms with Crippen LogP contribution in [-0.4, -0.2) is 42.4 Å². The van der Waals surface area contributed by atoms with Crippen molar-refractivity contribution >= 4 is 40.2 Å². The Morgan fingerprint density at radius 2 is 1.53 bits per heavy atom. The van der Waals surface area contributed by atoms with Crippen LogP contribution in [0.2, 0.25) is 0 Å². The molecule has 0 saturated heterocycles. The Balaban J connectivity index is 1.60. The molecule has 0 fully saturated rings. The summed E-state index contributed by atoms with van der Waals surface area (Å²) in [5, 5.41) is 9.85. The standard InChI is InChI=1S/C28H31N3O5/c1-18-10-13-23(31-25(33)21-12-11-19-8-5-6-9-20(19)17-21)22(16-18)24(32)26(34)29-14-7-15-30-27(35)36-28(2,3)4/h5-6,8-13,16-17H,7,14-15H2,1-4H3,(H,29,34)(H,30,35)(H,31,33). The molecule has 188 valence electrons. The summed E-state index contributed by atoms with van der Waals surface area (Å²) in [6.45, 7) is 7.56. The van der Waals surface area contributed by atoms with Crippen molar-refractivity contribution in [2.45, 2.75) is 39.7 Å². The average Bonchev–Trinajstić information content (AvgIpc) is 2.82. The molecule has 0 aliphatic heterocycles. The monoisotopic (exact) mass is 489 g/mol. The molecule has 3 N–H and O–H groups in total. The van der Waals surface area contributed by atoms with Crippen molar-refractivity contribution in [3.63, 3.8) is 0 Å². The zero-order chi connectivity index (χ0) is 26.3. The van der Waals surface area contributed by atoms with Crippen LogP contribution in [0.3, 0.4) is 0 Å². The molecule has 0 aliphatic carbocycles. The number of carbonyl (C=O) groups excluding carboxylic acids is 4. The number of amides is 3. The number of nitrogens with one attached hydrogen (secondary N) is 3. The van der Waals surface area contributed by atoms with Gasteiger partial charge in [0.05, 0.1) is 11.3 Å². The summed E-state index contributed by atoms with van der Waals surface area (Å²) in [6.07, 6.45) is -0.131. The lowest BCUT2D eigenvalue weighted by Gasteiger charge is -2.19. The molecule has 36 heavy (non-hydrogen) atoms. The van der Waals surface area contributed by atoms with Gasteiger partial charge in [-0.25, -0.2) is 4.79 Å². The molecule has 0 heterocycles. The van der Waals surface area contributed by atoms with Crippen LogP contribution in [0.15, 0.2) is 60.7 Å². The number of alkyl carbamates (subject to hydrolysis) is 1. The Hall–Kier alpha value is -4.20. The Labute approximate surface area is 210 Å². The van der Waals surface area contributed by atoms with E-state index in [4.69, 9.17) is 4.74 Å². The highest BCUT2D eigenvalue weighted by molar-refractivity contribution is 6.44. The van der Waals surface area contributed by atoms with E-state index >= 15 is 0 Å². The van der Waals surface area contributed by atoms with E-state index in [1.807, 2.05) is 30.3 Å². The maximum Gasteiger partial charge on any atom is 0.407 e. The molecular weight excluding hydrogens is 458 g/mol. The first-order chi connectivity index (χ1) is 17.0. The summed E-state index contributed by atoms with van der Waals surface area (Å²) in [6, 6.07) is 18.0. The van der Waals surface area contributed by atoms with Crippen molar-refractivity contribution in [1.82, 2.24) is 10.6 Å². The van der Waals surface area contributed by atoms with Gasteiger partial charge in [-0.15, -0.1) is 0 Å². The fourth-order valence-corrected chi connectivity index (χ4v) is 3.48. The summed E-state index contributed by atoms with van der Waals surface area (Å²) >= 11 is 0. The average molecular weight is 490 g/mol. The normalized spacial score (nSPS) is 11.0. The maximum atomic E-state index is 12.9. The van der Waals surface area contributed by atoms with Crippen molar-refractivity contribution in [2.24, 2.45) is 0 Å². The lowest BCUT2D eigenvalue weighted by molar-refractivity contribution is -0.117. The Morgan fingerprint density at radius 3 is 2.25 bits per heavy atom. The van der Waals surface area contributed by atoms with Gasteiger partial charge in [0.25, 0.3) is 17.6 Å². The van der Waals surface area contributed by atoms with Crippen molar-refractivity contribution in [2.75, 3.05) is 18.4 Å². The fraction of sp³-hybridized carbons (Fsp3) is 0.286. The lowest BCUT2D eigenvalue weighted by atomic mass is 10.0. The molecule has 3 aromatic rings. The van der Waals surface area contributed by atoms with Crippen LogP contribution >= 0.6 is 0 Å². The van der Waals surface area contributed by atoms with Crippen LogP contribution in [0.25, 0.3) is 10.8 Å². The van der Waals surface area contributed by atoms with Gasteiger partial charge in [-0.05, 0) is 69.2 Å². The maximum absolute atomic E-state index is 12.9. The van der Waals surface area contributed by atoms with E-state index < -0.39 is 23.4 Å². The van der Waals surface area contributed by atoms with Crippen LogP contribution in [0.1, 0.15) is 53.5 Å². The molecule has 0 atom stereocenters. The van der Waals surface area contributed by atoms with E-state index in [1.54, 1.807) is 58.0 Å². The SMILES string of the molecule is Cc1ccc(NC(=O)c2ccc3ccccc3c2)c(C(=O)C(=O)NCCCNC(=O)OC(C)(C)C)c1. The van der Waals surface area contributed by atoms with Crippen molar-refractivity contribution < 1.29 is 23.9 Å². The van der Waals surface area contributed by atoms with E-state index in [0.29, 0.717) is 12.0 Å². The Bertz CT molecular complexity index is 1290. The smallest absolute Gasteiger partial charge is 0.407 e. The largest absolute Gasteiger partial charge is 0.444 e. The van der Waals surface area contributed by atoms with Gasteiger partial charge in [0.15, 0.2) is 0 Å². The molecule has 8 nitrogen and oxygen atoms in total. The molecule has 0 aliphatic rings. The number of rotatable bonds is 8. The van der Waals surface area contributed by atoms with Crippen molar-refractivity contribution in [3.8, 4) is 0 Å². The molecule has 3 rings (SSSR count). The van der Waals surface area contributed by atoms with E-state index in [2.05, 4.69) is 16.0 Å². The molecule has 0 radical (unpaired) electrons. The van der Waals surface area contributed by atoms with Crippen LogP contribution in [0.5, 0.6) is 0 Å². The molecule has 0 saturated carbocycles. The molecular formula is C28H31N3O5. The molecule has 0 unspecified atom stereocenters. The van der Waals surface area contributed by atoms with Gasteiger partial charge >= 0.3 is 6.09 Å². The predicted molar refractivity (Wildman–Crippen MR) is 139 cm³/mol. The topological polar surface area (TPSA) is 114 Å². The van der Waals surface area contributed by atoms with Gasteiger partial charge in [0, 0.05) is 18.7 Å². The predicted octanol–water partition coefficient (Wildman–Crippen LogP) is 4.61. The third-order valence-corrected chi connectivity index (χ3v) is 5.19. The summed E-state index contributed by atoms with van der Waals surface area (Å²) in [7, 11) is 0. The minimum atomic E-state index is -0.793. The minimum Gasteiger partial charge on any atom is -0.444 e. The second kappa shape index (κ2) is 11.5. The number of ether oxygens (including phenoxy) is 1. The zero-order valence-electron chi connectivity index (χ0n) is 20.9. The Morgan fingerprint density at radius 1 is 0.833 bits per heavy atom. The van der Waals surface area contributed by atoms with Crippen LogP contribution in [0, 0.1) is 6.92 Å². The number of benzene rings is 3. The lowest BCUT2D eigenvalue weighted by Crippen LogP contribution is -2.36. The molecule has 8 heteroatoms. The van der Waals surface area contributed by atoms with E-state index in [9.17, 15) is 19.2 Å². The highest BCUT2D eigenvalue weighted by Crippen LogP contribution is 2.21. The molecule has 3 aromatic carbocycles. The first-order valence-electron chi connectivity index (χ1n) is 11.7. The molecule has 0 bridgehead atoms. The van der Waals surface area contributed by atoms with Crippen LogP contribution in [0.4, 0.5) is 10.5 Å². The zero-order valence-corrected chi connectivity index (χ0v) is 20.9. The van der Waals surface area contributed by atoms with Gasteiger partial charge in [0.1, 0.15) is 5.60 Å². The van der Waals surface area contributed by atoms with Gasteiger partial charge in [-0.3, -0.25) is 14.4 Å². The van der Waals surface area contributed by atoms with Gasteiger partial charge in [-0.2, -0.15) is 0 Å². The number of anilines is 1. The van der Waals surface area contributed by atoms with Crippen molar-refractivity contribution in [3.05, 3.63) is 77.4 Å². The minimum absolute atomic E-state index is 0.105. The number of aryl methyl sites for hydroxylation is 1. The number of hydrogen-bond donors (Lipinski definition) is 3. The number of carbonyl (C=O) groups is 4. The third-order valence-electron chi connectivity index (χ3n) is 5.19. The van der Waals surface area contributed by atoms with Crippen molar-refractivity contribution in [1.29, 1.82) is 0 Å². The molecule has 0 spiro atoms. The Kier molecular flexibility index (Phi) is 8.42. The van der Waals surface area contributed by atoms with Gasteiger partial charge < -0.3 is 20.7 Å². The first kappa shape index (κ1) is 26.4. The van der Waals surface area contributed by atoms with Crippen LogP contribution in [-0.2, 0) is 9.53 Å². The van der Waals surface area contributed by atoms with Gasteiger partial charge in [0.2, 0.25) is 0 Å². The van der Waals surface area contributed by atoms with E-state index in [1.165, 1.54) is 0 Å². The highest BCUT2D eigenvalue weighted by Gasteiger charge is 2.21. The second-order valence-corrected chi connectivity index (χ2v) is 9.43. The second-order valence-electron chi connectivity index (χ2n) is 9.43. The molecule has 3 amide bonds. The summed E-state index contributed by atoms with van der Waals surface area (Å²) in [4.78, 5) is 50.0. The van der Waals surface area contributed by atoms with E-state index in [0.717, 1.165) is 16.3 Å². The molecule has 0 aromatic heterocycles.